The molecule has 0 spiro atoms. The summed E-state index contributed by atoms with van der Waals surface area (Å²) in [4.78, 5) is 32.7. The molecule has 0 fully saturated rings. The Bertz CT molecular complexity index is 277. The van der Waals surface area contributed by atoms with Crippen molar-refractivity contribution in [2.75, 3.05) is 7.11 Å². The quantitative estimate of drug-likeness (QED) is 0.498. The van der Waals surface area contributed by atoms with Crippen LogP contribution >= 0.6 is 0 Å². The predicted molar refractivity (Wildman–Crippen MR) is 54.5 cm³/mol. The van der Waals surface area contributed by atoms with Gasteiger partial charge in [-0.25, -0.2) is 4.79 Å². The molecule has 7 heteroatoms. The smallest absolute Gasteiger partial charge is 0.326 e. The standard InChI is InChI=1S/C9H16N2O5/c1-5(10)8(13)11-6(9(14)15)3-4-7(12)16-2/h5-6H,3-4,10H2,1-2H3,(H,11,13)(H,14,15)/t5-,6?/m0/s1. The highest BCUT2D eigenvalue weighted by Crippen LogP contribution is 2.00. The zero-order chi connectivity index (χ0) is 12.7. The summed E-state index contributed by atoms with van der Waals surface area (Å²) in [7, 11) is 1.21. The number of amides is 1. The molecule has 0 aliphatic rings. The molecule has 0 saturated heterocycles. The zero-order valence-corrected chi connectivity index (χ0v) is 9.23. The number of ether oxygens (including phenoxy) is 1. The number of nitrogens with two attached hydrogens (primary N) is 1. The van der Waals surface area contributed by atoms with Crippen LogP contribution in [0.4, 0.5) is 0 Å². The molecule has 0 radical (unpaired) electrons. The van der Waals surface area contributed by atoms with Gasteiger partial charge in [-0.15, -0.1) is 0 Å². The van der Waals surface area contributed by atoms with Crippen molar-refractivity contribution in [3.8, 4) is 0 Å². The number of rotatable bonds is 6. The predicted octanol–water partition coefficient (Wildman–Crippen LogP) is -1.14. The van der Waals surface area contributed by atoms with Crippen molar-refractivity contribution in [1.82, 2.24) is 5.32 Å². The number of carbonyl (C=O) groups is 3. The minimum atomic E-state index is -1.21. The van der Waals surface area contributed by atoms with Crippen LogP contribution in [0.15, 0.2) is 0 Å². The fourth-order valence-corrected chi connectivity index (χ4v) is 0.925. The molecule has 16 heavy (non-hydrogen) atoms. The Morgan fingerprint density at radius 2 is 2.00 bits per heavy atom. The van der Waals surface area contributed by atoms with E-state index < -0.39 is 29.9 Å². The van der Waals surface area contributed by atoms with E-state index in [1.807, 2.05) is 0 Å². The highest BCUT2D eigenvalue weighted by Gasteiger charge is 2.22. The number of carboxylic acid groups (broad SMARTS) is 1. The number of esters is 1. The van der Waals surface area contributed by atoms with Gasteiger partial charge in [-0.3, -0.25) is 9.59 Å². The van der Waals surface area contributed by atoms with Gasteiger partial charge in [0, 0.05) is 6.42 Å². The van der Waals surface area contributed by atoms with Gasteiger partial charge < -0.3 is 20.9 Å². The zero-order valence-electron chi connectivity index (χ0n) is 9.23. The molecule has 92 valence electrons. The van der Waals surface area contributed by atoms with Gasteiger partial charge in [-0.2, -0.15) is 0 Å². The van der Waals surface area contributed by atoms with Crippen LogP contribution in [-0.4, -0.2) is 42.1 Å². The van der Waals surface area contributed by atoms with Gasteiger partial charge in [-0.1, -0.05) is 0 Å². The topological polar surface area (TPSA) is 119 Å². The lowest BCUT2D eigenvalue weighted by molar-refractivity contribution is -0.144. The molecule has 0 rings (SSSR count). The molecule has 0 aromatic rings. The van der Waals surface area contributed by atoms with Gasteiger partial charge in [0.1, 0.15) is 6.04 Å². The van der Waals surface area contributed by atoms with Gasteiger partial charge in [0.25, 0.3) is 0 Å². The fourth-order valence-electron chi connectivity index (χ4n) is 0.925. The van der Waals surface area contributed by atoms with E-state index in [-0.39, 0.29) is 12.8 Å². The molecule has 0 bridgehead atoms. The maximum absolute atomic E-state index is 11.2. The van der Waals surface area contributed by atoms with E-state index in [1.54, 1.807) is 0 Å². The van der Waals surface area contributed by atoms with Gasteiger partial charge in [-0.05, 0) is 13.3 Å². The Kier molecular flexibility index (Phi) is 6.09. The second-order valence-corrected chi connectivity index (χ2v) is 3.30. The van der Waals surface area contributed by atoms with Crippen LogP contribution in [0, 0.1) is 0 Å². The van der Waals surface area contributed by atoms with Crippen LogP contribution in [-0.2, 0) is 19.1 Å². The molecule has 4 N–H and O–H groups in total. The molecule has 0 aliphatic heterocycles. The Hall–Kier alpha value is -1.63. The van der Waals surface area contributed by atoms with E-state index >= 15 is 0 Å². The largest absolute Gasteiger partial charge is 0.480 e. The van der Waals surface area contributed by atoms with Crippen molar-refractivity contribution < 1.29 is 24.2 Å². The first-order chi connectivity index (χ1) is 7.38. The lowest BCUT2D eigenvalue weighted by atomic mass is 10.1. The molecule has 1 unspecified atom stereocenters. The summed E-state index contributed by atoms with van der Waals surface area (Å²) in [5, 5.41) is 11.0. The number of carbonyl (C=O) groups excluding carboxylic acids is 2. The van der Waals surface area contributed by atoms with Crippen LogP contribution in [0.2, 0.25) is 0 Å². The number of hydrogen-bond acceptors (Lipinski definition) is 5. The number of carboxylic acids is 1. The molecule has 0 saturated carbocycles. The van der Waals surface area contributed by atoms with Crippen molar-refractivity contribution in [2.45, 2.75) is 31.8 Å². The highest BCUT2D eigenvalue weighted by molar-refractivity contribution is 5.86. The van der Waals surface area contributed by atoms with Gasteiger partial charge in [0.05, 0.1) is 13.2 Å². The summed E-state index contributed by atoms with van der Waals surface area (Å²) in [5.41, 5.74) is 5.27. The maximum Gasteiger partial charge on any atom is 0.326 e. The third-order valence-electron chi connectivity index (χ3n) is 1.89. The van der Waals surface area contributed by atoms with Crippen molar-refractivity contribution in [1.29, 1.82) is 0 Å². The van der Waals surface area contributed by atoms with Crippen LogP contribution in [0.1, 0.15) is 19.8 Å². The SMILES string of the molecule is COC(=O)CCC(NC(=O)[C@H](C)N)C(=O)O. The molecule has 0 heterocycles. The maximum atomic E-state index is 11.2. The first kappa shape index (κ1) is 14.4. The lowest BCUT2D eigenvalue weighted by Gasteiger charge is -2.15. The first-order valence-electron chi connectivity index (χ1n) is 4.74. The van der Waals surface area contributed by atoms with E-state index in [0.717, 1.165) is 0 Å². The molecule has 7 nitrogen and oxygen atoms in total. The van der Waals surface area contributed by atoms with Crippen molar-refractivity contribution in [3.05, 3.63) is 0 Å². The minimum Gasteiger partial charge on any atom is -0.480 e. The van der Waals surface area contributed by atoms with Crippen LogP contribution in [0.3, 0.4) is 0 Å². The van der Waals surface area contributed by atoms with Gasteiger partial charge >= 0.3 is 11.9 Å². The summed E-state index contributed by atoms with van der Waals surface area (Å²) < 4.78 is 4.36. The van der Waals surface area contributed by atoms with Crippen molar-refractivity contribution in [2.24, 2.45) is 5.73 Å². The Morgan fingerprint density at radius 1 is 1.44 bits per heavy atom. The minimum absolute atomic E-state index is 0.0273. The summed E-state index contributed by atoms with van der Waals surface area (Å²) in [6, 6.07) is -1.92. The third kappa shape index (κ3) is 5.30. The van der Waals surface area contributed by atoms with Crippen LogP contribution in [0.25, 0.3) is 0 Å². The third-order valence-corrected chi connectivity index (χ3v) is 1.89. The van der Waals surface area contributed by atoms with E-state index in [2.05, 4.69) is 10.1 Å². The molecular weight excluding hydrogens is 216 g/mol. The molecule has 2 atom stereocenters. The van der Waals surface area contributed by atoms with Crippen LogP contribution < -0.4 is 11.1 Å². The summed E-state index contributed by atoms with van der Waals surface area (Å²) in [6.07, 6.45) is -0.104. The molecule has 1 amide bonds. The average molecular weight is 232 g/mol. The van der Waals surface area contributed by atoms with Crippen LogP contribution in [0.5, 0.6) is 0 Å². The lowest BCUT2D eigenvalue weighted by Crippen LogP contribution is -2.47. The highest BCUT2D eigenvalue weighted by atomic mass is 16.5. The second kappa shape index (κ2) is 6.78. The second-order valence-electron chi connectivity index (χ2n) is 3.30. The molecular formula is C9H16N2O5. The number of nitrogens with one attached hydrogen (secondary N) is 1. The fraction of sp³-hybridized carbons (Fsp3) is 0.667. The summed E-state index contributed by atoms with van der Waals surface area (Å²) in [5.74, 6) is -2.31. The van der Waals surface area contributed by atoms with E-state index in [0.29, 0.717) is 0 Å². The first-order valence-corrected chi connectivity index (χ1v) is 4.74. The number of hydrogen-bond donors (Lipinski definition) is 3. The Balaban J connectivity index is 4.24. The number of methoxy groups -OCH3 is 1. The van der Waals surface area contributed by atoms with E-state index in [9.17, 15) is 14.4 Å². The van der Waals surface area contributed by atoms with Gasteiger partial charge in [0.2, 0.25) is 5.91 Å². The van der Waals surface area contributed by atoms with E-state index in [1.165, 1.54) is 14.0 Å². The molecule has 0 aromatic heterocycles. The summed E-state index contributed by atoms with van der Waals surface area (Å²) in [6.45, 7) is 1.44. The Morgan fingerprint density at radius 3 is 2.38 bits per heavy atom. The average Bonchev–Trinajstić information content (AvgIpc) is 2.22. The normalized spacial score (nSPS) is 13.7. The summed E-state index contributed by atoms with van der Waals surface area (Å²) >= 11 is 0. The monoisotopic (exact) mass is 232 g/mol. The Labute approximate surface area is 92.9 Å². The van der Waals surface area contributed by atoms with Crippen molar-refractivity contribution in [3.63, 3.8) is 0 Å². The van der Waals surface area contributed by atoms with E-state index in [4.69, 9.17) is 10.8 Å². The van der Waals surface area contributed by atoms with Crippen molar-refractivity contribution >= 4 is 17.8 Å². The molecule has 0 aromatic carbocycles. The van der Waals surface area contributed by atoms with Gasteiger partial charge in [0.15, 0.2) is 0 Å². The molecule has 0 aliphatic carbocycles. The number of aliphatic carboxylic acids is 1.